The van der Waals surface area contributed by atoms with Gasteiger partial charge in [0.05, 0.1) is 0 Å². The average Bonchev–Trinajstić information content (AvgIpc) is 2.92. The van der Waals surface area contributed by atoms with Gasteiger partial charge in [0.15, 0.2) is 5.84 Å². The van der Waals surface area contributed by atoms with Gasteiger partial charge in [-0.05, 0) is 80.9 Å². The van der Waals surface area contributed by atoms with Crippen molar-refractivity contribution in [1.82, 2.24) is 15.3 Å². The van der Waals surface area contributed by atoms with Gasteiger partial charge in [0.25, 0.3) is 0 Å². The highest BCUT2D eigenvalue weighted by Gasteiger charge is 2.53. The summed E-state index contributed by atoms with van der Waals surface area (Å²) in [5, 5.41) is 4.76. The van der Waals surface area contributed by atoms with Gasteiger partial charge < -0.3 is 4.90 Å². The normalized spacial score (nSPS) is 35.2. The molecule has 1 spiro atoms. The molecule has 4 aliphatic carbocycles. The van der Waals surface area contributed by atoms with Gasteiger partial charge in [-0.2, -0.15) is 5.10 Å². The van der Waals surface area contributed by atoms with Crippen LogP contribution in [0, 0.1) is 11.8 Å². The van der Waals surface area contributed by atoms with Crippen LogP contribution >= 0.6 is 0 Å². The third kappa shape index (κ3) is 1.96. The summed E-state index contributed by atoms with van der Waals surface area (Å²) < 4.78 is 0. The van der Waals surface area contributed by atoms with E-state index in [0.717, 1.165) is 23.4 Å². The number of aryl methyl sites for hydroxylation is 2. The lowest BCUT2D eigenvalue weighted by Crippen LogP contribution is -2.62. The van der Waals surface area contributed by atoms with Gasteiger partial charge in [-0.25, -0.2) is 0 Å². The summed E-state index contributed by atoms with van der Waals surface area (Å²) in [4.78, 5) is 7.17. The number of hydrazone groups is 1. The monoisotopic (exact) mass is 310 g/mol. The SMILES string of the molecule is CN1C(c2cc3c(cn2)CCCC3)=NN[C@]12CC1CCC2CC1. The molecule has 0 unspecified atom stereocenters. The topological polar surface area (TPSA) is 40.5 Å². The lowest BCUT2D eigenvalue weighted by atomic mass is 9.64. The zero-order valence-electron chi connectivity index (χ0n) is 14.0. The van der Waals surface area contributed by atoms with E-state index in [-0.39, 0.29) is 5.66 Å². The minimum Gasteiger partial charge on any atom is -0.332 e. The summed E-state index contributed by atoms with van der Waals surface area (Å²) in [6.07, 6.45) is 13.9. The quantitative estimate of drug-likeness (QED) is 0.866. The van der Waals surface area contributed by atoms with Crippen LogP contribution in [0.15, 0.2) is 17.4 Å². The van der Waals surface area contributed by atoms with Crippen molar-refractivity contribution < 1.29 is 0 Å². The van der Waals surface area contributed by atoms with Crippen LogP contribution in [0.4, 0.5) is 0 Å². The van der Waals surface area contributed by atoms with Gasteiger partial charge in [-0.15, -0.1) is 0 Å². The Morgan fingerprint density at radius 1 is 1.13 bits per heavy atom. The van der Waals surface area contributed by atoms with Gasteiger partial charge in [0, 0.05) is 19.2 Å². The predicted molar refractivity (Wildman–Crippen MR) is 91.1 cm³/mol. The summed E-state index contributed by atoms with van der Waals surface area (Å²) in [5.74, 6) is 2.66. The van der Waals surface area contributed by atoms with Gasteiger partial charge in [0.1, 0.15) is 11.4 Å². The number of rotatable bonds is 1. The van der Waals surface area contributed by atoms with Crippen LogP contribution in [0.2, 0.25) is 0 Å². The molecule has 3 saturated carbocycles. The van der Waals surface area contributed by atoms with Gasteiger partial charge in [0.2, 0.25) is 0 Å². The Labute approximate surface area is 138 Å². The minimum absolute atomic E-state index is 0.0636. The summed E-state index contributed by atoms with van der Waals surface area (Å²) in [6, 6.07) is 2.30. The van der Waals surface area contributed by atoms with E-state index in [4.69, 9.17) is 10.1 Å². The lowest BCUT2D eigenvalue weighted by molar-refractivity contribution is -0.0197. The Morgan fingerprint density at radius 3 is 2.65 bits per heavy atom. The first-order valence-corrected chi connectivity index (χ1v) is 9.33. The Bertz CT molecular complexity index is 659. The Balaban J connectivity index is 1.46. The van der Waals surface area contributed by atoms with Crippen molar-refractivity contribution in [3.05, 3.63) is 29.1 Å². The third-order valence-corrected chi connectivity index (χ3v) is 6.85. The molecule has 5 aliphatic rings. The lowest BCUT2D eigenvalue weighted by Gasteiger charge is -2.52. The largest absolute Gasteiger partial charge is 0.332 e. The summed E-state index contributed by atoms with van der Waals surface area (Å²) >= 11 is 0. The van der Waals surface area contributed by atoms with E-state index >= 15 is 0 Å². The van der Waals surface area contributed by atoms with Crippen molar-refractivity contribution in [3.8, 4) is 0 Å². The molecule has 1 aromatic heterocycles. The van der Waals surface area contributed by atoms with E-state index in [1.807, 2.05) is 0 Å². The highest BCUT2D eigenvalue weighted by molar-refractivity contribution is 5.98. The number of nitrogens with zero attached hydrogens (tertiary/aromatic N) is 3. The van der Waals surface area contributed by atoms with Crippen molar-refractivity contribution in [1.29, 1.82) is 0 Å². The molecule has 1 atom stereocenters. The van der Waals surface area contributed by atoms with E-state index in [9.17, 15) is 0 Å². The molecule has 122 valence electrons. The number of aromatic nitrogens is 1. The van der Waals surface area contributed by atoms with Crippen LogP contribution in [0.25, 0.3) is 0 Å². The Hall–Kier alpha value is -1.58. The first-order valence-electron chi connectivity index (χ1n) is 9.33. The highest BCUT2D eigenvalue weighted by Crippen LogP contribution is 2.50. The van der Waals surface area contributed by atoms with Crippen molar-refractivity contribution >= 4 is 5.84 Å². The molecule has 0 radical (unpaired) electrons. The molecule has 3 fully saturated rings. The van der Waals surface area contributed by atoms with Crippen molar-refractivity contribution in [3.63, 3.8) is 0 Å². The third-order valence-electron chi connectivity index (χ3n) is 6.85. The summed E-state index contributed by atoms with van der Waals surface area (Å²) in [5.41, 5.74) is 7.61. The standard InChI is InChI=1S/C19H26N4/c1-23-18(17-10-14-4-2-3-5-15(14)12-20-17)21-22-19(23)11-13-6-8-16(19)9-7-13/h10,12-13,16,22H,2-9,11H2,1H3/t13?,16?,19-/m1/s1. The maximum atomic E-state index is 4.76. The second-order valence-electron chi connectivity index (χ2n) is 8.00. The molecule has 0 saturated heterocycles. The fourth-order valence-electron chi connectivity index (χ4n) is 5.45. The molecule has 2 bridgehead atoms. The minimum atomic E-state index is 0.0636. The molecule has 1 N–H and O–H groups in total. The number of pyridine rings is 1. The summed E-state index contributed by atoms with van der Waals surface area (Å²) in [6.45, 7) is 0. The Kier molecular flexibility index (Phi) is 2.98. The fraction of sp³-hybridized carbons (Fsp3) is 0.684. The van der Waals surface area contributed by atoms with Gasteiger partial charge in [-0.1, -0.05) is 0 Å². The van der Waals surface area contributed by atoms with Gasteiger partial charge >= 0.3 is 0 Å². The molecule has 0 amide bonds. The number of hydrogen-bond acceptors (Lipinski definition) is 4. The van der Waals surface area contributed by atoms with Crippen LogP contribution < -0.4 is 5.43 Å². The molecule has 4 nitrogen and oxygen atoms in total. The predicted octanol–water partition coefficient (Wildman–Crippen LogP) is 3.06. The molecule has 1 aliphatic heterocycles. The van der Waals surface area contributed by atoms with Crippen LogP contribution in [0.5, 0.6) is 0 Å². The Morgan fingerprint density at radius 2 is 1.91 bits per heavy atom. The molecular weight excluding hydrogens is 284 g/mol. The fourth-order valence-corrected chi connectivity index (χ4v) is 5.45. The smallest absolute Gasteiger partial charge is 0.176 e. The van der Waals surface area contributed by atoms with E-state index in [1.54, 1.807) is 0 Å². The molecule has 6 rings (SSSR count). The van der Waals surface area contributed by atoms with Gasteiger partial charge in [-0.3, -0.25) is 10.4 Å². The van der Waals surface area contributed by atoms with Crippen molar-refractivity contribution in [2.75, 3.05) is 7.05 Å². The number of nitrogens with one attached hydrogen (secondary N) is 1. The van der Waals surface area contributed by atoms with Crippen LogP contribution in [-0.2, 0) is 12.8 Å². The first-order chi connectivity index (χ1) is 11.3. The van der Waals surface area contributed by atoms with E-state index in [1.165, 1.54) is 68.9 Å². The zero-order valence-corrected chi connectivity index (χ0v) is 14.0. The average molecular weight is 310 g/mol. The van der Waals surface area contributed by atoms with E-state index in [0.29, 0.717) is 0 Å². The number of amidine groups is 1. The van der Waals surface area contributed by atoms with Crippen LogP contribution in [-0.4, -0.2) is 28.4 Å². The zero-order chi connectivity index (χ0) is 15.4. The van der Waals surface area contributed by atoms with E-state index in [2.05, 4.69) is 29.6 Å². The molecule has 2 heterocycles. The molecule has 0 aromatic carbocycles. The number of fused-ring (bicyclic) bond motifs is 3. The van der Waals surface area contributed by atoms with Crippen LogP contribution in [0.3, 0.4) is 0 Å². The maximum absolute atomic E-state index is 4.76. The van der Waals surface area contributed by atoms with E-state index < -0.39 is 0 Å². The highest BCUT2D eigenvalue weighted by atomic mass is 15.6. The first kappa shape index (κ1) is 13.8. The second-order valence-corrected chi connectivity index (χ2v) is 8.00. The van der Waals surface area contributed by atoms with Crippen molar-refractivity contribution in [2.45, 2.75) is 63.5 Å². The number of hydrogen-bond donors (Lipinski definition) is 1. The molecular formula is C19H26N4. The maximum Gasteiger partial charge on any atom is 0.176 e. The molecule has 4 heteroatoms. The molecule has 1 aromatic rings. The van der Waals surface area contributed by atoms with Crippen molar-refractivity contribution in [2.24, 2.45) is 16.9 Å². The molecule has 23 heavy (non-hydrogen) atoms. The van der Waals surface area contributed by atoms with Crippen LogP contribution in [0.1, 0.15) is 61.8 Å². The second kappa shape index (κ2) is 4.96. The summed E-state index contributed by atoms with van der Waals surface area (Å²) in [7, 11) is 2.22.